The SMILES string of the molecule is CC(NC(=O)C1CCCN1)C(=O)NC(Cc1c[nH]c2ccccc12)C(=O)NC(Cc1c[nH]c2ccccc12)C(=O)O. The molecule has 1 fully saturated rings. The summed E-state index contributed by atoms with van der Waals surface area (Å²) in [5, 5.41) is 22.9. The minimum absolute atomic E-state index is 0.0552. The van der Waals surface area contributed by atoms with E-state index in [9.17, 15) is 24.3 Å². The van der Waals surface area contributed by atoms with E-state index in [0.717, 1.165) is 45.9 Å². The molecule has 2 aromatic carbocycles. The summed E-state index contributed by atoms with van der Waals surface area (Å²) in [4.78, 5) is 57.8. The molecule has 3 amide bonds. The maximum Gasteiger partial charge on any atom is 0.326 e. The van der Waals surface area contributed by atoms with Gasteiger partial charge in [0.05, 0.1) is 6.04 Å². The fraction of sp³-hybridized carbons (Fsp3) is 0.333. The van der Waals surface area contributed by atoms with Gasteiger partial charge in [0.2, 0.25) is 17.7 Å². The summed E-state index contributed by atoms with van der Waals surface area (Å²) in [6, 6.07) is 11.5. The fourth-order valence-electron chi connectivity index (χ4n) is 5.31. The van der Waals surface area contributed by atoms with Gasteiger partial charge in [-0.15, -0.1) is 0 Å². The van der Waals surface area contributed by atoms with Crippen LogP contribution in [0.4, 0.5) is 0 Å². The van der Waals surface area contributed by atoms with E-state index < -0.39 is 35.9 Å². The third-order valence-corrected chi connectivity index (χ3v) is 7.57. The predicted molar refractivity (Wildman–Crippen MR) is 154 cm³/mol. The molecule has 41 heavy (non-hydrogen) atoms. The number of rotatable bonds is 11. The Kier molecular flexibility index (Phi) is 8.34. The molecule has 0 bridgehead atoms. The molecule has 7 N–H and O–H groups in total. The van der Waals surface area contributed by atoms with Gasteiger partial charge in [0.25, 0.3) is 0 Å². The lowest BCUT2D eigenvalue weighted by molar-refractivity contribution is -0.142. The molecule has 0 saturated carbocycles. The van der Waals surface area contributed by atoms with E-state index in [0.29, 0.717) is 6.42 Å². The summed E-state index contributed by atoms with van der Waals surface area (Å²) in [5.41, 5.74) is 3.28. The molecule has 4 atom stereocenters. The van der Waals surface area contributed by atoms with Crippen molar-refractivity contribution in [2.45, 2.75) is 56.8 Å². The number of amides is 3. The Bertz CT molecular complexity index is 1570. The van der Waals surface area contributed by atoms with Crippen LogP contribution < -0.4 is 21.3 Å². The molecule has 214 valence electrons. The van der Waals surface area contributed by atoms with Crippen LogP contribution in [-0.2, 0) is 32.0 Å². The van der Waals surface area contributed by atoms with Crippen molar-refractivity contribution in [3.63, 3.8) is 0 Å². The first-order valence-electron chi connectivity index (χ1n) is 13.8. The number of carbonyl (C=O) groups excluding carboxylic acids is 3. The Morgan fingerprint density at radius 2 is 1.39 bits per heavy atom. The first-order chi connectivity index (χ1) is 19.8. The highest BCUT2D eigenvalue weighted by molar-refractivity contribution is 5.95. The van der Waals surface area contributed by atoms with Gasteiger partial charge in [-0.1, -0.05) is 36.4 Å². The van der Waals surface area contributed by atoms with Gasteiger partial charge in [-0.05, 0) is 49.6 Å². The van der Waals surface area contributed by atoms with Gasteiger partial charge in [0, 0.05) is 47.0 Å². The highest BCUT2D eigenvalue weighted by atomic mass is 16.4. The van der Waals surface area contributed by atoms with E-state index in [1.54, 1.807) is 19.3 Å². The normalized spacial score (nSPS) is 17.1. The minimum atomic E-state index is -1.23. The van der Waals surface area contributed by atoms with Gasteiger partial charge in [-0.3, -0.25) is 14.4 Å². The van der Waals surface area contributed by atoms with Gasteiger partial charge in [-0.25, -0.2) is 4.79 Å². The third-order valence-electron chi connectivity index (χ3n) is 7.57. The largest absolute Gasteiger partial charge is 0.480 e. The summed E-state index contributed by atoms with van der Waals surface area (Å²) < 4.78 is 0. The van der Waals surface area contributed by atoms with Gasteiger partial charge in [0.1, 0.15) is 18.1 Å². The monoisotopic (exact) mass is 558 g/mol. The molecule has 1 saturated heterocycles. The Morgan fingerprint density at radius 1 is 0.829 bits per heavy atom. The van der Waals surface area contributed by atoms with Crippen LogP contribution in [0.3, 0.4) is 0 Å². The molecule has 2 aromatic heterocycles. The van der Waals surface area contributed by atoms with E-state index in [4.69, 9.17) is 0 Å². The van der Waals surface area contributed by atoms with E-state index in [-0.39, 0.29) is 24.8 Å². The Labute approximate surface area is 236 Å². The van der Waals surface area contributed by atoms with Crippen molar-refractivity contribution in [2.75, 3.05) is 6.54 Å². The molecule has 11 nitrogen and oxygen atoms in total. The van der Waals surface area contributed by atoms with Crippen molar-refractivity contribution in [3.05, 3.63) is 72.1 Å². The number of carboxylic acids is 1. The average Bonchev–Trinajstić information content (AvgIpc) is 3.73. The first kappa shape index (κ1) is 27.9. The molecular formula is C30H34N6O5. The quantitative estimate of drug-likeness (QED) is 0.148. The minimum Gasteiger partial charge on any atom is -0.480 e. The van der Waals surface area contributed by atoms with Crippen molar-refractivity contribution < 1.29 is 24.3 Å². The van der Waals surface area contributed by atoms with Crippen molar-refractivity contribution >= 4 is 45.5 Å². The predicted octanol–water partition coefficient (Wildman–Crippen LogP) is 1.75. The summed E-state index contributed by atoms with van der Waals surface area (Å²) in [6.45, 7) is 2.30. The topological polar surface area (TPSA) is 168 Å². The first-order valence-corrected chi connectivity index (χ1v) is 13.8. The van der Waals surface area contributed by atoms with Crippen LogP contribution in [0.15, 0.2) is 60.9 Å². The molecule has 5 rings (SSSR count). The molecule has 1 aliphatic heterocycles. The lowest BCUT2D eigenvalue weighted by atomic mass is 10.0. The molecular weight excluding hydrogens is 524 g/mol. The van der Waals surface area contributed by atoms with E-state index >= 15 is 0 Å². The number of aromatic nitrogens is 2. The number of aromatic amines is 2. The van der Waals surface area contributed by atoms with Crippen LogP contribution in [0.25, 0.3) is 21.8 Å². The summed E-state index contributed by atoms with van der Waals surface area (Å²) in [5.74, 6) is -2.63. The molecule has 0 spiro atoms. The van der Waals surface area contributed by atoms with Gasteiger partial charge in [0.15, 0.2) is 0 Å². The molecule has 0 radical (unpaired) electrons. The van der Waals surface area contributed by atoms with Crippen molar-refractivity contribution in [3.8, 4) is 0 Å². The highest BCUT2D eigenvalue weighted by Gasteiger charge is 2.31. The lowest BCUT2D eigenvalue weighted by Gasteiger charge is -2.24. The number of fused-ring (bicyclic) bond motifs is 2. The number of H-pyrrole nitrogens is 2. The number of hydrogen-bond acceptors (Lipinski definition) is 5. The second kappa shape index (κ2) is 12.3. The maximum atomic E-state index is 13.6. The van der Waals surface area contributed by atoms with Crippen LogP contribution in [-0.4, -0.2) is 69.5 Å². The Morgan fingerprint density at radius 3 is 1.95 bits per heavy atom. The zero-order valence-electron chi connectivity index (χ0n) is 22.7. The highest BCUT2D eigenvalue weighted by Crippen LogP contribution is 2.21. The smallest absolute Gasteiger partial charge is 0.326 e. The summed E-state index contributed by atoms with van der Waals surface area (Å²) >= 11 is 0. The maximum absolute atomic E-state index is 13.6. The Hall–Kier alpha value is -4.64. The number of hydrogen-bond donors (Lipinski definition) is 7. The fourth-order valence-corrected chi connectivity index (χ4v) is 5.31. The average molecular weight is 559 g/mol. The number of nitrogens with one attached hydrogen (secondary N) is 6. The number of carboxylic acid groups (broad SMARTS) is 1. The van der Waals surface area contributed by atoms with Crippen LogP contribution in [0.2, 0.25) is 0 Å². The molecule has 0 aliphatic carbocycles. The number of benzene rings is 2. The molecule has 4 aromatic rings. The van der Waals surface area contributed by atoms with E-state index in [1.807, 2.05) is 48.5 Å². The summed E-state index contributed by atoms with van der Waals surface area (Å²) in [7, 11) is 0. The molecule has 11 heteroatoms. The number of para-hydroxylation sites is 2. The van der Waals surface area contributed by atoms with Gasteiger partial charge >= 0.3 is 5.97 Å². The summed E-state index contributed by atoms with van der Waals surface area (Å²) in [6.07, 6.45) is 5.26. The standard InChI is InChI=1S/C30H34N6O5/c1-17(34-28(38)24-11-6-12-31-24)27(37)35-25(13-18-15-32-22-9-4-2-7-20(18)22)29(39)36-26(30(40)41)14-19-16-33-23-10-5-3-8-21(19)23/h2-5,7-10,15-17,24-26,31-33H,6,11-14H2,1H3,(H,34,38)(H,35,37)(H,36,39)(H,40,41). The van der Waals surface area contributed by atoms with Crippen molar-refractivity contribution in [1.29, 1.82) is 0 Å². The number of carbonyl (C=O) groups is 4. The van der Waals surface area contributed by atoms with Crippen molar-refractivity contribution in [1.82, 2.24) is 31.2 Å². The second-order valence-corrected chi connectivity index (χ2v) is 10.5. The van der Waals surface area contributed by atoms with E-state index in [2.05, 4.69) is 31.2 Å². The second-order valence-electron chi connectivity index (χ2n) is 10.5. The van der Waals surface area contributed by atoms with Crippen LogP contribution >= 0.6 is 0 Å². The van der Waals surface area contributed by atoms with Crippen LogP contribution in [0.1, 0.15) is 30.9 Å². The zero-order valence-corrected chi connectivity index (χ0v) is 22.7. The van der Waals surface area contributed by atoms with E-state index in [1.165, 1.54) is 0 Å². The zero-order chi connectivity index (χ0) is 28.9. The van der Waals surface area contributed by atoms with Gasteiger partial charge in [-0.2, -0.15) is 0 Å². The number of aliphatic carboxylic acids is 1. The lowest BCUT2D eigenvalue weighted by Crippen LogP contribution is -2.57. The van der Waals surface area contributed by atoms with Crippen molar-refractivity contribution in [2.24, 2.45) is 0 Å². The molecule has 1 aliphatic rings. The van der Waals surface area contributed by atoms with Gasteiger partial charge < -0.3 is 36.3 Å². The van der Waals surface area contributed by atoms with Crippen LogP contribution in [0.5, 0.6) is 0 Å². The van der Waals surface area contributed by atoms with Crippen LogP contribution in [0, 0.1) is 0 Å². The molecule has 4 unspecified atom stereocenters. The third kappa shape index (κ3) is 6.41. The Balaban J connectivity index is 1.33. The molecule has 3 heterocycles.